The molecule has 0 saturated heterocycles. The van der Waals surface area contributed by atoms with Crippen molar-refractivity contribution >= 4 is 34.7 Å². The first-order valence-corrected chi connectivity index (χ1v) is 7.97. The van der Waals surface area contributed by atoms with Crippen molar-refractivity contribution < 1.29 is 14.2 Å². The predicted octanol–water partition coefficient (Wildman–Crippen LogP) is 1.81. The van der Waals surface area contributed by atoms with Crippen molar-refractivity contribution in [3.8, 4) is 0 Å². The average molecular weight is 280 g/mol. The number of hydrogen-bond acceptors (Lipinski definition) is 5. The zero-order valence-corrected chi connectivity index (χ0v) is 12.7. The van der Waals surface area contributed by atoms with Gasteiger partial charge in [-0.3, -0.25) is 4.84 Å². The Bertz CT molecular complexity index is 288. The van der Waals surface area contributed by atoms with Crippen LogP contribution in [0, 0.1) is 5.41 Å². The molecule has 0 aromatic carbocycles. The maximum absolute atomic E-state index is 11.6. The van der Waals surface area contributed by atoms with Crippen LogP contribution < -0.4 is 5.32 Å². The molecule has 0 fully saturated rings. The van der Waals surface area contributed by atoms with Gasteiger partial charge in [0, 0.05) is 12.5 Å². The summed E-state index contributed by atoms with van der Waals surface area (Å²) in [4.78, 5) is 15.7. The van der Waals surface area contributed by atoms with Gasteiger partial charge in [0.25, 0.3) is 0 Å². The molecule has 1 N–H and O–H groups in total. The van der Waals surface area contributed by atoms with Gasteiger partial charge in [0.05, 0.1) is 6.26 Å². The van der Waals surface area contributed by atoms with E-state index in [9.17, 15) is 9.35 Å². The van der Waals surface area contributed by atoms with Crippen molar-refractivity contribution in [3.63, 3.8) is 0 Å². The Kier molecular flexibility index (Phi) is 6.96. The van der Waals surface area contributed by atoms with E-state index in [2.05, 4.69) is 10.5 Å². The minimum Gasteiger partial charge on any atom is -0.615 e. The fraction of sp³-hybridized carbons (Fsp3) is 0.800. The largest absolute Gasteiger partial charge is 0.615 e. The van der Waals surface area contributed by atoms with E-state index < -0.39 is 17.3 Å². The number of nitrogens with one attached hydrogen (secondary N) is 1. The molecule has 7 heteroatoms. The number of oxime groups is 1. The first kappa shape index (κ1) is 16.6. The number of carbonyl (C=O) groups is 1. The minimum absolute atomic E-state index is 0.278. The van der Waals surface area contributed by atoms with Crippen LogP contribution in [0.25, 0.3) is 0 Å². The molecule has 17 heavy (non-hydrogen) atoms. The maximum Gasteiger partial charge on any atom is 0.433 e. The van der Waals surface area contributed by atoms with Gasteiger partial charge in [-0.05, 0) is 17.4 Å². The topological polar surface area (TPSA) is 73.8 Å². The molecule has 0 heterocycles. The van der Waals surface area contributed by atoms with E-state index in [-0.39, 0.29) is 10.00 Å². The molecule has 0 spiro atoms. The van der Waals surface area contributed by atoms with Crippen LogP contribution in [0.15, 0.2) is 5.16 Å². The number of thioether (sulfide) groups is 1. The van der Waals surface area contributed by atoms with Crippen molar-refractivity contribution in [1.82, 2.24) is 5.32 Å². The second-order valence-corrected chi connectivity index (χ2v) is 7.13. The Balaban J connectivity index is 5.06. The number of hydrogen-bond donors (Lipinski definition) is 1. The van der Waals surface area contributed by atoms with Crippen molar-refractivity contribution in [3.05, 3.63) is 0 Å². The zero-order chi connectivity index (χ0) is 13.6. The first-order valence-electron chi connectivity index (χ1n) is 5.06. The molecule has 100 valence electrons. The van der Waals surface area contributed by atoms with Crippen LogP contribution >= 0.6 is 11.8 Å². The quantitative estimate of drug-likeness (QED) is 0.369. The van der Waals surface area contributed by atoms with Crippen LogP contribution in [0.2, 0.25) is 0 Å². The fourth-order valence-electron chi connectivity index (χ4n) is 1.07. The highest BCUT2D eigenvalue weighted by Crippen LogP contribution is 2.27. The smallest absolute Gasteiger partial charge is 0.433 e. The van der Waals surface area contributed by atoms with E-state index in [0.717, 1.165) is 0 Å². The van der Waals surface area contributed by atoms with Crippen LogP contribution in [0.5, 0.6) is 0 Å². The Hall–Kier alpha value is -0.400. The normalized spacial score (nSPS) is 16.3. The average Bonchev–Trinajstić information content (AvgIpc) is 2.21. The molecule has 0 radical (unpaired) electrons. The third-order valence-corrected chi connectivity index (χ3v) is 4.81. The highest BCUT2D eigenvalue weighted by atomic mass is 32.3. The molecule has 0 saturated carbocycles. The third-order valence-electron chi connectivity index (χ3n) is 1.94. The molecular weight excluding hydrogens is 260 g/mol. The van der Waals surface area contributed by atoms with Gasteiger partial charge in [-0.15, -0.1) is 11.8 Å². The van der Waals surface area contributed by atoms with E-state index in [1.165, 1.54) is 18.8 Å². The van der Waals surface area contributed by atoms with Crippen molar-refractivity contribution in [2.45, 2.75) is 25.4 Å². The van der Waals surface area contributed by atoms with Crippen LogP contribution in [0.4, 0.5) is 4.79 Å². The van der Waals surface area contributed by atoms with Crippen LogP contribution in [0.1, 0.15) is 20.8 Å². The molecule has 2 unspecified atom stereocenters. The molecular formula is C10H20N2O3S2. The molecule has 0 aromatic heterocycles. The summed E-state index contributed by atoms with van der Waals surface area (Å²) in [5.41, 5.74) is 0.294. The Morgan fingerprint density at radius 3 is 2.35 bits per heavy atom. The summed E-state index contributed by atoms with van der Waals surface area (Å²) in [5, 5.41) is 6.16. The van der Waals surface area contributed by atoms with E-state index >= 15 is 0 Å². The highest BCUT2D eigenvalue weighted by molar-refractivity contribution is 8.13. The lowest BCUT2D eigenvalue weighted by atomic mass is 9.91. The van der Waals surface area contributed by atoms with Gasteiger partial charge in [0.15, 0.2) is 0 Å². The monoisotopic (exact) mass is 280 g/mol. The van der Waals surface area contributed by atoms with E-state index in [4.69, 9.17) is 4.84 Å². The Labute approximate surface area is 110 Å². The summed E-state index contributed by atoms with van der Waals surface area (Å²) in [6.45, 7) is 5.82. The van der Waals surface area contributed by atoms with Crippen molar-refractivity contribution in [2.24, 2.45) is 10.6 Å². The summed E-state index contributed by atoms with van der Waals surface area (Å²) in [5.74, 6) is 0. The first-order chi connectivity index (χ1) is 7.73. The molecule has 5 nitrogen and oxygen atoms in total. The summed E-state index contributed by atoms with van der Waals surface area (Å²) in [6, 6.07) is 0. The highest BCUT2D eigenvalue weighted by Gasteiger charge is 2.34. The van der Waals surface area contributed by atoms with E-state index in [1.807, 2.05) is 27.0 Å². The molecule has 0 aliphatic rings. The predicted molar refractivity (Wildman–Crippen MR) is 73.8 cm³/mol. The van der Waals surface area contributed by atoms with Gasteiger partial charge >= 0.3 is 6.09 Å². The zero-order valence-electron chi connectivity index (χ0n) is 11.1. The third kappa shape index (κ3) is 5.65. The molecule has 0 aliphatic carbocycles. The minimum atomic E-state index is -1.08. The Morgan fingerprint density at radius 1 is 1.53 bits per heavy atom. The van der Waals surface area contributed by atoms with Gasteiger partial charge < -0.3 is 9.87 Å². The van der Waals surface area contributed by atoms with Gasteiger partial charge in [0.2, 0.25) is 4.58 Å². The number of carbonyl (C=O) groups excluding carboxylic acids is 1. The molecule has 1 amide bonds. The van der Waals surface area contributed by atoms with Crippen LogP contribution in [0.3, 0.4) is 0 Å². The van der Waals surface area contributed by atoms with Crippen molar-refractivity contribution in [1.29, 1.82) is 0 Å². The van der Waals surface area contributed by atoms with Gasteiger partial charge in [-0.2, -0.15) is 0 Å². The van der Waals surface area contributed by atoms with Crippen LogP contribution in [-0.4, -0.2) is 40.5 Å². The SMILES string of the molecule is CNC(=O)O/N=C(/C(SC)[S+](C)[O-])C(C)(C)C. The molecule has 0 rings (SSSR count). The lowest BCUT2D eigenvalue weighted by Gasteiger charge is -2.26. The molecule has 0 bridgehead atoms. The fourth-order valence-corrected chi connectivity index (χ4v) is 3.49. The van der Waals surface area contributed by atoms with Crippen molar-refractivity contribution in [2.75, 3.05) is 19.6 Å². The van der Waals surface area contributed by atoms with E-state index in [0.29, 0.717) is 5.71 Å². The molecule has 2 atom stereocenters. The molecule has 0 aromatic rings. The second kappa shape index (κ2) is 7.13. The van der Waals surface area contributed by atoms with Gasteiger partial charge in [-0.25, -0.2) is 4.79 Å². The number of nitrogens with zero attached hydrogens (tertiary/aromatic N) is 1. The van der Waals surface area contributed by atoms with E-state index in [1.54, 1.807) is 6.26 Å². The van der Waals surface area contributed by atoms with Gasteiger partial charge in [-0.1, -0.05) is 25.9 Å². The summed E-state index contributed by atoms with van der Waals surface area (Å²) in [6.07, 6.45) is 2.84. The molecule has 0 aliphatic heterocycles. The van der Waals surface area contributed by atoms with Gasteiger partial charge in [0.1, 0.15) is 5.71 Å². The summed E-state index contributed by atoms with van der Waals surface area (Å²) < 4.78 is 11.4. The van der Waals surface area contributed by atoms with Crippen LogP contribution in [-0.2, 0) is 16.0 Å². The second-order valence-electron chi connectivity index (χ2n) is 4.42. The summed E-state index contributed by atoms with van der Waals surface area (Å²) in [7, 11) is 1.46. The lowest BCUT2D eigenvalue weighted by molar-refractivity contribution is 0.151. The maximum atomic E-state index is 11.6. The standard InChI is InChI=1S/C10H20N2O3S2/c1-10(2,3)7(8(16-5)17(6)14)12-15-9(13)11-4/h8H,1-6H3,(H,11,13)/b12-7-. The summed E-state index contributed by atoms with van der Waals surface area (Å²) >= 11 is 0.353. The lowest BCUT2D eigenvalue weighted by Crippen LogP contribution is -2.36. The number of amides is 1. The number of rotatable bonds is 4. The Morgan fingerprint density at radius 2 is 2.06 bits per heavy atom.